The Morgan fingerprint density at radius 1 is 0.714 bits per heavy atom. The van der Waals surface area contributed by atoms with Gasteiger partial charge in [-0.05, 0) is 33.3 Å². The summed E-state index contributed by atoms with van der Waals surface area (Å²) in [5, 5.41) is 0. The first kappa shape index (κ1) is 18.0. The summed E-state index contributed by atoms with van der Waals surface area (Å²) < 4.78 is 76.5. The lowest BCUT2D eigenvalue weighted by atomic mass is 10.4. The summed E-state index contributed by atoms with van der Waals surface area (Å²) in [6.45, 7) is 0. The highest BCUT2D eigenvalue weighted by Gasteiger charge is 2.24. The van der Waals surface area contributed by atoms with Crippen LogP contribution in [0.4, 0.5) is 0 Å². The van der Waals surface area contributed by atoms with E-state index in [0.29, 0.717) is 0 Å². The summed E-state index contributed by atoms with van der Waals surface area (Å²) in [6, 6.07) is 3.79. The number of sulfonamides is 3. The molecule has 119 valence electrons. The lowest BCUT2D eigenvalue weighted by Gasteiger charge is -2.10. The molecule has 12 heteroatoms. The number of nitrogens with one attached hydrogen (secondary N) is 3. The molecule has 0 atom stereocenters. The van der Waals surface area contributed by atoms with Gasteiger partial charge in [-0.1, -0.05) is 0 Å². The molecule has 0 saturated heterocycles. The second kappa shape index (κ2) is 5.98. The van der Waals surface area contributed by atoms with E-state index in [-0.39, 0.29) is 0 Å². The van der Waals surface area contributed by atoms with Gasteiger partial charge in [0, 0.05) is 6.07 Å². The van der Waals surface area contributed by atoms with Crippen LogP contribution in [-0.4, -0.2) is 46.4 Å². The normalized spacial score (nSPS) is 13.3. The van der Waals surface area contributed by atoms with Gasteiger partial charge < -0.3 is 0 Å². The lowest BCUT2D eigenvalue weighted by molar-refractivity contribution is 0.583. The van der Waals surface area contributed by atoms with Crippen molar-refractivity contribution in [3.8, 4) is 0 Å². The molecular formula is C9H14N3O6S3. The summed E-state index contributed by atoms with van der Waals surface area (Å²) in [5.74, 6) is 0. The number of hydrogen-bond acceptors (Lipinski definition) is 6. The first-order valence-electron chi connectivity index (χ1n) is 5.38. The topological polar surface area (TPSA) is 139 Å². The Kier molecular flexibility index (Phi) is 5.13. The van der Waals surface area contributed by atoms with Crippen LogP contribution in [0.2, 0.25) is 0 Å². The minimum absolute atomic E-state index is 0.508. The van der Waals surface area contributed by atoms with Crippen molar-refractivity contribution in [1.29, 1.82) is 0 Å². The third kappa shape index (κ3) is 3.78. The maximum absolute atomic E-state index is 11.8. The van der Waals surface area contributed by atoms with E-state index in [4.69, 9.17) is 0 Å². The smallest absolute Gasteiger partial charge is 0.214 e. The van der Waals surface area contributed by atoms with Crippen molar-refractivity contribution in [3.63, 3.8) is 0 Å². The van der Waals surface area contributed by atoms with E-state index in [1.54, 1.807) is 0 Å². The van der Waals surface area contributed by atoms with Crippen molar-refractivity contribution < 1.29 is 25.3 Å². The first-order valence-corrected chi connectivity index (χ1v) is 9.83. The quantitative estimate of drug-likeness (QED) is 0.550. The van der Waals surface area contributed by atoms with Crippen LogP contribution in [0, 0.1) is 6.07 Å². The average molecular weight is 356 g/mol. The largest absolute Gasteiger partial charge is 0.241 e. The lowest BCUT2D eigenvalue weighted by Crippen LogP contribution is -2.24. The Hall–Kier alpha value is -1.05. The zero-order valence-corrected chi connectivity index (χ0v) is 13.8. The van der Waals surface area contributed by atoms with Gasteiger partial charge in [0.25, 0.3) is 0 Å². The highest BCUT2D eigenvalue weighted by atomic mass is 32.2. The van der Waals surface area contributed by atoms with Gasteiger partial charge in [0.15, 0.2) is 0 Å². The van der Waals surface area contributed by atoms with Crippen molar-refractivity contribution >= 4 is 30.1 Å². The van der Waals surface area contributed by atoms with Crippen LogP contribution in [0.3, 0.4) is 0 Å². The Labute approximate surface area is 123 Å². The van der Waals surface area contributed by atoms with Gasteiger partial charge in [-0.15, -0.1) is 0 Å². The summed E-state index contributed by atoms with van der Waals surface area (Å²) in [7, 11) is -8.85. The Bertz CT molecular complexity index is 716. The molecule has 0 bridgehead atoms. The van der Waals surface area contributed by atoms with Crippen LogP contribution in [0.25, 0.3) is 0 Å². The van der Waals surface area contributed by atoms with Crippen LogP contribution >= 0.6 is 0 Å². The molecule has 0 amide bonds. The van der Waals surface area contributed by atoms with Crippen molar-refractivity contribution in [3.05, 3.63) is 18.2 Å². The predicted octanol–water partition coefficient (Wildman–Crippen LogP) is -1.79. The van der Waals surface area contributed by atoms with Gasteiger partial charge in [0.2, 0.25) is 30.1 Å². The summed E-state index contributed by atoms with van der Waals surface area (Å²) in [5.41, 5.74) is 0. The Morgan fingerprint density at radius 3 is 1.33 bits per heavy atom. The SMILES string of the molecule is CNS(=O)(=O)c1[c]c(S(=O)(=O)NC)cc(S(=O)(=O)NC)c1. The fourth-order valence-corrected chi connectivity index (χ4v) is 3.76. The minimum Gasteiger partial charge on any atom is -0.214 e. The number of benzene rings is 1. The molecule has 21 heavy (non-hydrogen) atoms. The van der Waals surface area contributed by atoms with Crippen molar-refractivity contribution in [2.45, 2.75) is 14.7 Å². The zero-order valence-electron chi connectivity index (χ0n) is 11.3. The van der Waals surface area contributed by atoms with Crippen LogP contribution < -0.4 is 14.2 Å². The van der Waals surface area contributed by atoms with Gasteiger partial charge in [-0.3, -0.25) is 0 Å². The summed E-state index contributed by atoms with van der Waals surface area (Å²) >= 11 is 0. The van der Waals surface area contributed by atoms with Crippen LogP contribution in [0.1, 0.15) is 0 Å². The van der Waals surface area contributed by atoms with Gasteiger partial charge in [0.05, 0.1) is 14.7 Å². The molecule has 0 spiro atoms. The summed E-state index contributed by atoms with van der Waals surface area (Å²) in [4.78, 5) is -1.71. The molecule has 0 saturated carbocycles. The second-order valence-corrected chi connectivity index (χ2v) is 9.26. The van der Waals surface area contributed by atoms with Gasteiger partial charge in [0.1, 0.15) is 0 Å². The number of rotatable bonds is 6. The minimum atomic E-state index is -4.07. The molecule has 1 radical (unpaired) electrons. The molecule has 9 nitrogen and oxygen atoms in total. The van der Waals surface area contributed by atoms with E-state index in [1.807, 2.05) is 14.2 Å². The second-order valence-electron chi connectivity index (χ2n) is 3.67. The maximum Gasteiger partial charge on any atom is 0.241 e. The molecule has 0 heterocycles. The van der Waals surface area contributed by atoms with Crippen molar-refractivity contribution in [2.24, 2.45) is 0 Å². The first-order chi connectivity index (χ1) is 9.50. The van der Waals surface area contributed by atoms with Crippen molar-refractivity contribution in [1.82, 2.24) is 14.2 Å². The van der Waals surface area contributed by atoms with E-state index < -0.39 is 44.8 Å². The molecule has 0 aliphatic carbocycles. The average Bonchev–Trinajstić information content (AvgIpc) is 2.46. The van der Waals surface area contributed by atoms with E-state index in [0.717, 1.165) is 33.3 Å². The molecule has 0 fully saturated rings. The molecule has 0 aliphatic heterocycles. The fourth-order valence-electron chi connectivity index (χ4n) is 1.28. The van der Waals surface area contributed by atoms with Gasteiger partial charge in [-0.2, -0.15) is 0 Å². The monoisotopic (exact) mass is 356 g/mol. The van der Waals surface area contributed by atoms with E-state index in [1.165, 1.54) is 0 Å². The molecule has 1 aromatic rings. The van der Waals surface area contributed by atoms with Gasteiger partial charge in [-0.25, -0.2) is 39.4 Å². The predicted molar refractivity (Wildman–Crippen MR) is 74.0 cm³/mol. The maximum atomic E-state index is 11.8. The summed E-state index contributed by atoms with van der Waals surface area (Å²) in [6.07, 6.45) is 0. The highest BCUT2D eigenvalue weighted by molar-refractivity contribution is 7.91. The Balaban J connectivity index is 3.80. The van der Waals surface area contributed by atoms with Crippen LogP contribution in [0.5, 0.6) is 0 Å². The molecule has 0 aliphatic rings. The molecule has 0 aromatic heterocycles. The van der Waals surface area contributed by atoms with Gasteiger partial charge >= 0.3 is 0 Å². The Morgan fingerprint density at radius 2 is 1.05 bits per heavy atom. The molecule has 0 unspecified atom stereocenters. The standard InChI is InChI=1S/C9H14N3O6S3/c1-10-19(13,14)7-4-8(20(15,16)11-2)6-9(5-7)21(17,18)12-3/h4-5,10-12H,1-3H3. The number of hydrogen-bond donors (Lipinski definition) is 3. The van der Waals surface area contributed by atoms with E-state index in [9.17, 15) is 25.3 Å². The molecule has 1 aromatic carbocycles. The fraction of sp³-hybridized carbons (Fsp3) is 0.333. The van der Waals surface area contributed by atoms with Crippen LogP contribution in [0.15, 0.2) is 26.8 Å². The third-order valence-electron chi connectivity index (χ3n) is 2.49. The molecular weight excluding hydrogens is 342 g/mol. The van der Waals surface area contributed by atoms with E-state index in [2.05, 4.69) is 6.07 Å². The highest BCUT2D eigenvalue weighted by Crippen LogP contribution is 2.21. The zero-order chi connectivity index (χ0) is 16.5. The molecule has 1 rings (SSSR count). The van der Waals surface area contributed by atoms with E-state index >= 15 is 0 Å². The third-order valence-corrected chi connectivity index (χ3v) is 6.56. The van der Waals surface area contributed by atoms with Crippen molar-refractivity contribution in [2.75, 3.05) is 21.1 Å². The van der Waals surface area contributed by atoms with Crippen LogP contribution in [-0.2, 0) is 30.1 Å². The molecule has 3 N–H and O–H groups in total.